The number of carbonyl (C=O) groups is 2. The molecule has 0 aliphatic carbocycles. The van der Waals surface area contributed by atoms with E-state index in [1.165, 1.54) is 9.21 Å². The van der Waals surface area contributed by atoms with Crippen LogP contribution in [0, 0.1) is 5.92 Å². The summed E-state index contributed by atoms with van der Waals surface area (Å²) in [7, 11) is -3.53. The van der Waals surface area contributed by atoms with Gasteiger partial charge in [0.15, 0.2) is 0 Å². The van der Waals surface area contributed by atoms with Crippen LogP contribution in [0.25, 0.3) is 0 Å². The Morgan fingerprint density at radius 2 is 1.92 bits per heavy atom. The Bertz CT molecular complexity index is 733. The quantitative estimate of drug-likeness (QED) is 0.772. The molecule has 1 fully saturated rings. The van der Waals surface area contributed by atoms with Gasteiger partial charge < -0.3 is 10.0 Å². The van der Waals surface area contributed by atoms with E-state index in [2.05, 4.69) is 0 Å². The van der Waals surface area contributed by atoms with Crippen molar-refractivity contribution in [3.8, 4) is 0 Å². The number of nitrogens with zero attached hydrogens (tertiary/aromatic N) is 2. The predicted octanol–water partition coefficient (Wildman–Crippen LogP) is 1.55. The average Bonchev–Trinajstić information content (AvgIpc) is 2.59. The van der Waals surface area contributed by atoms with Crippen molar-refractivity contribution in [1.82, 2.24) is 9.21 Å². The summed E-state index contributed by atoms with van der Waals surface area (Å²) >= 11 is 0. The predicted molar refractivity (Wildman–Crippen MR) is 97.8 cm³/mol. The highest BCUT2D eigenvalue weighted by molar-refractivity contribution is 7.88. The number of sulfonamides is 1. The van der Waals surface area contributed by atoms with Gasteiger partial charge in [0.25, 0.3) is 0 Å². The van der Waals surface area contributed by atoms with E-state index in [-0.39, 0.29) is 30.8 Å². The molecule has 26 heavy (non-hydrogen) atoms. The summed E-state index contributed by atoms with van der Waals surface area (Å²) in [5, 5.41) is 9.03. The molecule has 0 bridgehead atoms. The summed E-state index contributed by atoms with van der Waals surface area (Å²) < 4.78 is 26.8. The number of rotatable bonds is 7. The first-order valence-corrected chi connectivity index (χ1v) is 10.4. The molecule has 1 N–H and O–H groups in total. The molecule has 1 atom stereocenters. The van der Waals surface area contributed by atoms with E-state index in [4.69, 9.17) is 5.11 Å². The van der Waals surface area contributed by atoms with Gasteiger partial charge >= 0.3 is 5.97 Å². The molecule has 1 heterocycles. The summed E-state index contributed by atoms with van der Waals surface area (Å²) in [5.41, 5.74) is 0.704. The molecule has 0 aromatic heterocycles. The van der Waals surface area contributed by atoms with Crippen LogP contribution in [-0.4, -0.2) is 60.3 Å². The topological polar surface area (TPSA) is 95.0 Å². The minimum atomic E-state index is -3.53. The zero-order chi connectivity index (χ0) is 19.3. The van der Waals surface area contributed by atoms with E-state index in [1.54, 1.807) is 38.1 Å². The summed E-state index contributed by atoms with van der Waals surface area (Å²) in [4.78, 5) is 25.1. The van der Waals surface area contributed by atoms with Crippen LogP contribution in [0.5, 0.6) is 0 Å². The molecule has 1 aliphatic heterocycles. The lowest BCUT2D eigenvalue weighted by molar-refractivity contribution is -0.148. The third-order valence-corrected chi connectivity index (χ3v) is 6.35. The van der Waals surface area contributed by atoms with Gasteiger partial charge in [-0.05, 0) is 32.3 Å². The van der Waals surface area contributed by atoms with Gasteiger partial charge in [-0.3, -0.25) is 9.59 Å². The van der Waals surface area contributed by atoms with Crippen molar-refractivity contribution in [2.45, 2.75) is 38.5 Å². The average molecular weight is 382 g/mol. The van der Waals surface area contributed by atoms with Crippen LogP contribution in [-0.2, 0) is 25.4 Å². The first kappa shape index (κ1) is 20.4. The van der Waals surface area contributed by atoms with Crippen LogP contribution in [0.3, 0.4) is 0 Å². The zero-order valence-corrected chi connectivity index (χ0v) is 16.0. The summed E-state index contributed by atoms with van der Waals surface area (Å²) in [6, 6.07) is 8.68. The molecule has 0 radical (unpaired) electrons. The van der Waals surface area contributed by atoms with E-state index in [1.807, 2.05) is 6.07 Å². The van der Waals surface area contributed by atoms with Gasteiger partial charge in [-0.25, -0.2) is 12.7 Å². The highest BCUT2D eigenvalue weighted by Crippen LogP contribution is 2.23. The van der Waals surface area contributed by atoms with Crippen molar-refractivity contribution < 1.29 is 23.1 Å². The fourth-order valence-corrected chi connectivity index (χ4v) is 4.78. The van der Waals surface area contributed by atoms with Crippen LogP contribution in [0.4, 0.5) is 0 Å². The molecule has 144 valence electrons. The molecular formula is C18H26N2O5S. The minimum absolute atomic E-state index is 0.0994. The molecule has 7 nitrogen and oxygen atoms in total. The molecular weight excluding hydrogens is 356 g/mol. The van der Waals surface area contributed by atoms with Gasteiger partial charge in [0.1, 0.15) is 6.54 Å². The van der Waals surface area contributed by atoms with Crippen LogP contribution in [0.1, 0.15) is 32.3 Å². The number of carbonyl (C=O) groups excluding carboxylic acids is 1. The molecule has 8 heteroatoms. The monoisotopic (exact) mass is 382 g/mol. The van der Waals surface area contributed by atoms with Crippen molar-refractivity contribution in [2.24, 2.45) is 5.92 Å². The Balaban J connectivity index is 2.10. The maximum atomic E-state index is 12.7. The Hall–Kier alpha value is -1.93. The van der Waals surface area contributed by atoms with Crippen molar-refractivity contribution in [1.29, 1.82) is 0 Å². The Morgan fingerprint density at radius 1 is 1.27 bits per heavy atom. The smallest absolute Gasteiger partial charge is 0.323 e. The van der Waals surface area contributed by atoms with E-state index >= 15 is 0 Å². The van der Waals surface area contributed by atoms with Gasteiger partial charge in [-0.1, -0.05) is 30.3 Å². The number of carboxylic acids is 1. The summed E-state index contributed by atoms with van der Waals surface area (Å²) in [6.45, 7) is 3.64. The number of amides is 1. The molecule has 0 saturated carbocycles. The van der Waals surface area contributed by atoms with Gasteiger partial charge in [0, 0.05) is 19.1 Å². The second-order valence-electron chi connectivity index (χ2n) is 6.89. The van der Waals surface area contributed by atoms with Gasteiger partial charge in [0.2, 0.25) is 15.9 Å². The van der Waals surface area contributed by atoms with Crippen LogP contribution >= 0.6 is 0 Å². The second kappa shape index (κ2) is 8.64. The minimum Gasteiger partial charge on any atom is -0.480 e. The van der Waals surface area contributed by atoms with Gasteiger partial charge in [-0.2, -0.15) is 0 Å². The lowest BCUT2D eigenvalue weighted by Gasteiger charge is -2.35. The number of carboxylic acid groups (broad SMARTS) is 1. The maximum absolute atomic E-state index is 12.7. The zero-order valence-electron chi connectivity index (χ0n) is 15.2. The van der Waals surface area contributed by atoms with Crippen LogP contribution in [0.15, 0.2) is 30.3 Å². The molecule has 1 aromatic rings. The van der Waals surface area contributed by atoms with Gasteiger partial charge in [-0.15, -0.1) is 0 Å². The fourth-order valence-electron chi connectivity index (χ4n) is 3.17. The number of hydrogen-bond donors (Lipinski definition) is 1. The molecule has 0 spiro atoms. The third kappa shape index (κ3) is 5.28. The van der Waals surface area contributed by atoms with E-state index in [0.717, 1.165) is 0 Å². The molecule has 1 saturated heterocycles. The maximum Gasteiger partial charge on any atom is 0.323 e. The molecule has 1 unspecified atom stereocenters. The number of hydrogen-bond acceptors (Lipinski definition) is 4. The van der Waals surface area contributed by atoms with E-state index < -0.39 is 21.9 Å². The SMILES string of the molecule is CC(C)N(CC(=O)O)C(=O)C1CCCN(S(=O)(=O)Cc2ccccc2)C1. The Labute approximate surface area is 154 Å². The normalized spacial score (nSPS) is 18.7. The standard InChI is InChI=1S/C18H26N2O5S/c1-14(2)20(12-17(21)22)18(23)16-9-6-10-19(11-16)26(24,25)13-15-7-4-3-5-8-15/h3-5,7-8,14,16H,6,9-13H2,1-2H3,(H,21,22). The van der Waals surface area contributed by atoms with Crippen molar-refractivity contribution in [3.05, 3.63) is 35.9 Å². The molecule has 1 aromatic carbocycles. The van der Waals surface area contributed by atoms with Crippen molar-refractivity contribution in [3.63, 3.8) is 0 Å². The van der Waals surface area contributed by atoms with E-state index in [0.29, 0.717) is 24.9 Å². The van der Waals surface area contributed by atoms with Crippen molar-refractivity contribution in [2.75, 3.05) is 19.6 Å². The van der Waals surface area contributed by atoms with Crippen LogP contribution in [0.2, 0.25) is 0 Å². The first-order valence-electron chi connectivity index (χ1n) is 8.74. The van der Waals surface area contributed by atoms with Crippen molar-refractivity contribution >= 4 is 21.9 Å². The highest BCUT2D eigenvalue weighted by atomic mass is 32.2. The summed E-state index contributed by atoms with van der Waals surface area (Å²) in [5.74, 6) is -1.97. The van der Waals surface area contributed by atoms with E-state index in [9.17, 15) is 18.0 Å². The van der Waals surface area contributed by atoms with Crippen LogP contribution < -0.4 is 0 Å². The second-order valence-corrected chi connectivity index (χ2v) is 8.86. The Morgan fingerprint density at radius 3 is 2.50 bits per heavy atom. The first-order chi connectivity index (χ1) is 12.2. The molecule has 1 aliphatic rings. The fraction of sp³-hybridized carbons (Fsp3) is 0.556. The largest absolute Gasteiger partial charge is 0.480 e. The number of aliphatic carboxylic acids is 1. The number of piperidine rings is 1. The highest BCUT2D eigenvalue weighted by Gasteiger charge is 2.35. The lowest BCUT2D eigenvalue weighted by atomic mass is 9.97. The third-order valence-electron chi connectivity index (χ3n) is 4.53. The lowest BCUT2D eigenvalue weighted by Crippen LogP contribution is -2.49. The number of benzene rings is 1. The molecule has 1 amide bonds. The molecule has 2 rings (SSSR count). The summed E-state index contributed by atoms with van der Waals surface area (Å²) in [6.07, 6.45) is 1.16. The van der Waals surface area contributed by atoms with Gasteiger partial charge in [0.05, 0.1) is 11.7 Å². The Kier molecular flexibility index (Phi) is 6.77.